The van der Waals surface area contributed by atoms with Crippen molar-refractivity contribution < 1.29 is 21.7 Å². The summed E-state index contributed by atoms with van der Waals surface area (Å²) in [6.45, 7) is 0.564. The van der Waals surface area contributed by atoms with Gasteiger partial charge in [0.1, 0.15) is 16.5 Å². The van der Waals surface area contributed by atoms with Gasteiger partial charge in [0, 0.05) is 12.1 Å². The highest BCUT2D eigenvalue weighted by Crippen LogP contribution is 2.23. The third-order valence-electron chi connectivity index (χ3n) is 2.89. The first kappa shape index (κ1) is 16.7. The van der Waals surface area contributed by atoms with Gasteiger partial charge in [-0.1, -0.05) is 23.7 Å². The van der Waals surface area contributed by atoms with Gasteiger partial charge in [0.05, 0.1) is 6.61 Å². The average Bonchev–Trinajstić information content (AvgIpc) is 2.45. The van der Waals surface area contributed by atoms with E-state index in [1.807, 2.05) is 0 Å². The van der Waals surface area contributed by atoms with Crippen LogP contribution >= 0.6 is 11.6 Å². The number of methoxy groups -OCH3 is 1. The van der Waals surface area contributed by atoms with Gasteiger partial charge in [-0.15, -0.1) is 0 Å². The summed E-state index contributed by atoms with van der Waals surface area (Å²) in [5, 5.41) is 0.110. The van der Waals surface area contributed by atoms with Crippen LogP contribution in [0.1, 0.15) is 5.56 Å². The largest absolute Gasteiger partial charge is 0.384 e. The van der Waals surface area contributed by atoms with E-state index in [4.69, 9.17) is 20.5 Å². The normalized spacial score (nSPS) is 11.4. The van der Waals surface area contributed by atoms with Crippen LogP contribution in [0.5, 0.6) is 5.75 Å². The molecule has 0 aromatic heterocycles. The molecule has 0 heterocycles. The number of benzene rings is 2. The molecule has 2 aromatic rings. The van der Waals surface area contributed by atoms with Crippen LogP contribution in [-0.2, 0) is 21.3 Å². The molecule has 2 aromatic carbocycles. The summed E-state index contributed by atoms with van der Waals surface area (Å²) in [6.07, 6.45) is 0.704. The Labute approximate surface area is 133 Å². The van der Waals surface area contributed by atoms with E-state index in [2.05, 4.69) is 0 Å². The summed E-state index contributed by atoms with van der Waals surface area (Å²) < 4.78 is 47.7. The first-order valence-electron chi connectivity index (χ1n) is 6.40. The van der Waals surface area contributed by atoms with Crippen molar-refractivity contribution in [2.45, 2.75) is 11.3 Å². The van der Waals surface area contributed by atoms with E-state index < -0.39 is 20.8 Å². The lowest BCUT2D eigenvalue weighted by atomic mass is 10.1. The third kappa shape index (κ3) is 4.19. The van der Waals surface area contributed by atoms with Gasteiger partial charge in [0.2, 0.25) is 0 Å². The Morgan fingerprint density at radius 1 is 1.14 bits per heavy atom. The molecule has 0 aliphatic rings. The number of halogens is 2. The minimum absolute atomic E-state index is 0.107. The van der Waals surface area contributed by atoms with Crippen LogP contribution in [0.15, 0.2) is 47.4 Å². The van der Waals surface area contributed by atoms with Crippen molar-refractivity contribution >= 4 is 21.7 Å². The molecule has 0 N–H and O–H groups in total. The summed E-state index contributed by atoms with van der Waals surface area (Å²) in [4.78, 5) is -0.555. The molecular formula is C15H14ClFO4S. The van der Waals surface area contributed by atoms with Crippen LogP contribution in [0.25, 0.3) is 0 Å². The Morgan fingerprint density at radius 2 is 1.82 bits per heavy atom. The molecule has 0 fully saturated rings. The Morgan fingerprint density at radius 3 is 2.41 bits per heavy atom. The SMILES string of the molecule is COCCc1ccc(OS(=O)(=O)c2ccc(Cl)cc2F)cc1. The Bertz CT molecular complexity index is 745. The van der Waals surface area contributed by atoms with Crippen molar-refractivity contribution in [1.29, 1.82) is 0 Å². The quantitative estimate of drug-likeness (QED) is 0.753. The molecule has 7 heteroatoms. The highest BCUT2D eigenvalue weighted by molar-refractivity contribution is 7.87. The maximum atomic E-state index is 13.7. The molecule has 0 atom stereocenters. The zero-order valence-corrected chi connectivity index (χ0v) is 13.3. The fourth-order valence-corrected chi connectivity index (χ4v) is 2.93. The second-order valence-electron chi connectivity index (χ2n) is 4.50. The maximum absolute atomic E-state index is 13.7. The van der Waals surface area contributed by atoms with E-state index >= 15 is 0 Å². The summed E-state index contributed by atoms with van der Waals surface area (Å²) >= 11 is 5.60. The van der Waals surface area contributed by atoms with E-state index in [9.17, 15) is 12.8 Å². The molecule has 0 amide bonds. The second-order valence-corrected chi connectivity index (χ2v) is 6.45. The van der Waals surface area contributed by atoms with Crippen LogP contribution in [0.3, 0.4) is 0 Å². The summed E-state index contributed by atoms with van der Waals surface area (Å²) in [7, 11) is -2.65. The molecule has 0 aliphatic carbocycles. The van der Waals surface area contributed by atoms with Crippen molar-refractivity contribution in [3.8, 4) is 5.75 Å². The van der Waals surface area contributed by atoms with Gasteiger partial charge < -0.3 is 8.92 Å². The Balaban J connectivity index is 2.18. The Kier molecular flexibility index (Phi) is 5.39. The van der Waals surface area contributed by atoms with Crippen LogP contribution in [0.2, 0.25) is 5.02 Å². The molecule has 22 heavy (non-hydrogen) atoms. The predicted octanol–water partition coefficient (Wildman–Crippen LogP) is 3.44. The monoisotopic (exact) mass is 344 g/mol. The van der Waals surface area contributed by atoms with Gasteiger partial charge in [-0.3, -0.25) is 0 Å². The topological polar surface area (TPSA) is 52.6 Å². The maximum Gasteiger partial charge on any atom is 0.342 e. The summed E-state index contributed by atoms with van der Waals surface area (Å²) in [5.74, 6) is -0.847. The molecule has 0 radical (unpaired) electrons. The van der Waals surface area contributed by atoms with Crippen molar-refractivity contribution in [3.05, 3.63) is 58.9 Å². The lowest BCUT2D eigenvalue weighted by molar-refractivity contribution is 0.202. The molecule has 2 rings (SSSR count). The summed E-state index contributed by atoms with van der Waals surface area (Å²) in [5.41, 5.74) is 0.976. The fourth-order valence-electron chi connectivity index (χ4n) is 1.78. The second kappa shape index (κ2) is 7.09. The highest BCUT2D eigenvalue weighted by atomic mass is 35.5. The Hall–Kier alpha value is -1.63. The number of hydrogen-bond acceptors (Lipinski definition) is 4. The van der Waals surface area contributed by atoms with E-state index in [1.165, 1.54) is 18.2 Å². The molecule has 118 valence electrons. The van der Waals surface area contributed by atoms with E-state index in [0.717, 1.165) is 17.7 Å². The van der Waals surface area contributed by atoms with E-state index in [0.29, 0.717) is 13.0 Å². The van der Waals surface area contributed by atoms with Crippen LogP contribution < -0.4 is 4.18 Å². The van der Waals surface area contributed by atoms with Crippen LogP contribution in [-0.4, -0.2) is 22.1 Å². The molecular weight excluding hydrogens is 331 g/mol. The molecule has 4 nitrogen and oxygen atoms in total. The minimum atomic E-state index is -4.25. The highest BCUT2D eigenvalue weighted by Gasteiger charge is 2.21. The fraction of sp³-hybridized carbons (Fsp3) is 0.200. The standard InChI is InChI=1S/C15H14ClFO4S/c1-20-9-8-11-2-5-13(6-3-11)21-22(18,19)15-7-4-12(16)10-14(15)17/h2-7,10H,8-9H2,1H3. The van der Waals surface area contributed by atoms with Crippen molar-refractivity contribution in [2.24, 2.45) is 0 Å². The van der Waals surface area contributed by atoms with Crippen molar-refractivity contribution in [3.63, 3.8) is 0 Å². The molecule has 0 bridgehead atoms. The third-order valence-corrected chi connectivity index (χ3v) is 4.40. The van der Waals surface area contributed by atoms with E-state index in [-0.39, 0.29) is 10.8 Å². The van der Waals surface area contributed by atoms with Gasteiger partial charge in [-0.2, -0.15) is 8.42 Å². The van der Waals surface area contributed by atoms with Gasteiger partial charge >= 0.3 is 10.1 Å². The van der Waals surface area contributed by atoms with Gasteiger partial charge in [0.25, 0.3) is 0 Å². The van der Waals surface area contributed by atoms with Gasteiger partial charge in [-0.05, 0) is 42.3 Å². The lowest BCUT2D eigenvalue weighted by Gasteiger charge is -2.08. The average molecular weight is 345 g/mol. The molecule has 0 saturated heterocycles. The van der Waals surface area contributed by atoms with Gasteiger partial charge in [0.15, 0.2) is 0 Å². The zero-order chi connectivity index (χ0) is 16.2. The lowest BCUT2D eigenvalue weighted by Crippen LogP contribution is -2.11. The molecule has 0 spiro atoms. The van der Waals surface area contributed by atoms with Crippen LogP contribution in [0.4, 0.5) is 4.39 Å². The molecule has 0 unspecified atom stereocenters. The number of ether oxygens (including phenoxy) is 1. The summed E-state index contributed by atoms with van der Waals surface area (Å²) in [6, 6.07) is 9.75. The first-order valence-corrected chi connectivity index (χ1v) is 8.18. The smallest absolute Gasteiger partial charge is 0.342 e. The minimum Gasteiger partial charge on any atom is -0.384 e. The molecule has 0 saturated carbocycles. The molecule has 0 aliphatic heterocycles. The predicted molar refractivity (Wildman–Crippen MR) is 81.2 cm³/mol. The zero-order valence-electron chi connectivity index (χ0n) is 11.8. The first-order chi connectivity index (χ1) is 10.4. The van der Waals surface area contributed by atoms with Crippen molar-refractivity contribution in [1.82, 2.24) is 0 Å². The van der Waals surface area contributed by atoms with Crippen molar-refractivity contribution in [2.75, 3.05) is 13.7 Å². The number of hydrogen-bond donors (Lipinski definition) is 0. The van der Waals surface area contributed by atoms with Gasteiger partial charge in [-0.25, -0.2) is 4.39 Å². The van der Waals surface area contributed by atoms with Crippen LogP contribution in [0, 0.1) is 5.82 Å². The number of rotatable bonds is 6. The van der Waals surface area contributed by atoms with E-state index in [1.54, 1.807) is 19.2 Å².